The van der Waals surface area contributed by atoms with Crippen molar-refractivity contribution in [2.24, 2.45) is 11.1 Å². The molecule has 1 rings (SSSR count). The van der Waals surface area contributed by atoms with Gasteiger partial charge in [-0.1, -0.05) is 18.2 Å². The van der Waals surface area contributed by atoms with Gasteiger partial charge in [0, 0.05) is 6.54 Å². The van der Waals surface area contributed by atoms with E-state index in [1.54, 1.807) is 13.8 Å². The molecule has 0 saturated heterocycles. The van der Waals surface area contributed by atoms with Crippen molar-refractivity contribution in [1.29, 1.82) is 0 Å². The smallest absolute Gasteiger partial charge is 0.246 e. The molecule has 0 heterocycles. The predicted octanol–water partition coefficient (Wildman–Crippen LogP) is 0.710. The van der Waals surface area contributed by atoms with Crippen molar-refractivity contribution in [1.82, 2.24) is 5.32 Å². The van der Waals surface area contributed by atoms with Gasteiger partial charge in [-0.3, -0.25) is 9.59 Å². The molecule has 0 atom stereocenters. The third-order valence-corrected chi connectivity index (χ3v) is 2.87. The number of benzene rings is 1. The van der Waals surface area contributed by atoms with Crippen LogP contribution in [0.5, 0.6) is 5.75 Å². The van der Waals surface area contributed by atoms with E-state index in [2.05, 4.69) is 5.32 Å². The van der Waals surface area contributed by atoms with Crippen LogP contribution in [0.4, 0.5) is 0 Å². The van der Waals surface area contributed by atoms with Crippen LogP contribution in [0.25, 0.3) is 0 Å². The van der Waals surface area contributed by atoms with Crippen molar-refractivity contribution >= 4 is 11.8 Å². The Labute approximate surface area is 124 Å². The number of para-hydroxylation sites is 1. The summed E-state index contributed by atoms with van der Waals surface area (Å²) in [5.74, 6) is 0.0118. The number of hydrogen-bond donors (Lipinski definition) is 2. The summed E-state index contributed by atoms with van der Waals surface area (Å²) in [6.07, 6.45) is 0. The van der Waals surface area contributed by atoms with E-state index >= 15 is 0 Å². The molecule has 0 aliphatic carbocycles. The molecule has 0 aliphatic heterocycles. The molecule has 0 bridgehead atoms. The van der Waals surface area contributed by atoms with Gasteiger partial charge in [-0.05, 0) is 26.0 Å². The maximum Gasteiger partial charge on any atom is 0.246 e. The Bertz CT molecular complexity index is 460. The molecule has 0 radical (unpaired) electrons. The second kappa shape index (κ2) is 8.26. The van der Waals surface area contributed by atoms with Crippen LogP contribution in [0.15, 0.2) is 30.3 Å². The van der Waals surface area contributed by atoms with Crippen LogP contribution in [0, 0.1) is 5.41 Å². The number of nitrogens with two attached hydrogens (primary N) is 1. The number of hydrogen-bond acceptors (Lipinski definition) is 4. The van der Waals surface area contributed by atoms with Crippen LogP contribution in [0.2, 0.25) is 0 Å². The van der Waals surface area contributed by atoms with E-state index < -0.39 is 11.3 Å². The molecule has 0 aliphatic rings. The van der Waals surface area contributed by atoms with E-state index in [1.165, 1.54) is 0 Å². The largest absolute Gasteiger partial charge is 0.491 e. The van der Waals surface area contributed by atoms with E-state index in [1.807, 2.05) is 30.3 Å². The summed E-state index contributed by atoms with van der Waals surface area (Å²) in [7, 11) is 0. The molecule has 6 heteroatoms. The molecule has 2 amide bonds. The van der Waals surface area contributed by atoms with Crippen LogP contribution < -0.4 is 15.8 Å². The summed E-state index contributed by atoms with van der Waals surface area (Å²) in [5, 5.41) is 2.61. The molecule has 0 aromatic heterocycles. The first-order valence-corrected chi connectivity index (χ1v) is 6.74. The van der Waals surface area contributed by atoms with Gasteiger partial charge >= 0.3 is 0 Å². The van der Waals surface area contributed by atoms with Gasteiger partial charge in [0.05, 0.1) is 12.0 Å². The fourth-order valence-corrected chi connectivity index (χ4v) is 1.36. The van der Waals surface area contributed by atoms with Gasteiger partial charge in [-0.25, -0.2) is 0 Å². The van der Waals surface area contributed by atoms with Crippen LogP contribution in [0.1, 0.15) is 13.8 Å². The average molecular weight is 294 g/mol. The number of primary amides is 1. The highest BCUT2D eigenvalue weighted by Gasteiger charge is 2.25. The van der Waals surface area contributed by atoms with Gasteiger partial charge in [-0.15, -0.1) is 0 Å². The number of rotatable bonds is 9. The Kier molecular flexibility index (Phi) is 6.68. The van der Waals surface area contributed by atoms with E-state index in [0.29, 0.717) is 13.2 Å². The Morgan fingerprint density at radius 1 is 1.19 bits per heavy atom. The molecule has 6 nitrogen and oxygen atoms in total. The molecule has 0 unspecified atom stereocenters. The van der Waals surface area contributed by atoms with E-state index in [9.17, 15) is 9.59 Å². The first-order valence-electron chi connectivity index (χ1n) is 6.74. The maximum absolute atomic E-state index is 11.5. The number of ether oxygens (including phenoxy) is 2. The van der Waals surface area contributed by atoms with Gasteiger partial charge in [0.2, 0.25) is 11.8 Å². The normalized spacial score (nSPS) is 11.0. The van der Waals surface area contributed by atoms with Gasteiger partial charge < -0.3 is 20.5 Å². The first-order chi connectivity index (χ1) is 9.92. The topological polar surface area (TPSA) is 90.7 Å². The second-order valence-electron chi connectivity index (χ2n) is 5.24. The minimum absolute atomic E-state index is 0.0764. The lowest BCUT2D eigenvalue weighted by atomic mass is 9.93. The van der Waals surface area contributed by atoms with Crippen LogP contribution in [-0.4, -0.2) is 38.2 Å². The van der Waals surface area contributed by atoms with Crippen LogP contribution >= 0.6 is 0 Å². The lowest BCUT2D eigenvalue weighted by Gasteiger charge is -2.20. The quantitative estimate of drug-likeness (QED) is 0.656. The van der Waals surface area contributed by atoms with Gasteiger partial charge in [0.15, 0.2) is 0 Å². The van der Waals surface area contributed by atoms with Crippen molar-refractivity contribution in [2.45, 2.75) is 13.8 Å². The SMILES string of the molecule is CC(C)(CNC(=O)COCCOc1ccccc1)C(N)=O. The molecule has 0 saturated carbocycles. The molecule has 1 aromatic carbocycles. The third-order valence-electron chi connectivity index (χ3n) is 2.87. The van der Waals surface area contributed by atoms with E-state index in [4.69, 9.17) is 15.2 Å². The van der Waals surface area contributed by atoms with Crippen molar-refractivity contribution in [3.05, 3.63) is 30.3 Å². The first kappa shape index (κ1) is 17.0. The summed E-state index contributed by atoms with van der Waals surface area (Å²) >= 11 is 0. The van der Waals surface area contributed by atoms with E-state index in [-0.39, 0.29) is 19.1 Å². The Balaban J connectivity index is 2.10. The lowest BCUT2D eigenvalue weighted by Crippen LogP contribution is -2.43. The molecular weight excluding hydrogens is 272 g/mol. The van der Waals surface area contributed by atoms with Gasteiger partial charge in [0.1, 0.15) is 19.0 Å². The minimum atomic E-state index is -0.772. The number of carbonyl (C=O) groups is 2. The molecule has 0 spiro atoms. The fraction of sp³-hybridized carbons (Fsp3) is 0.467. The van der Waals surface area contributed by atoms with Gasteiger partial charge in [0.25, 0.3) is 0 Å². The Morgan fingerprint density at radius 3 is 2.48 bits per heavy atom. The number of carbonyl (C=O) groups excluding carboxylic acids is 2. The van der Waals surface area contributed by atoms with Crippen LogP contribution in [-0.2, 0) is 14.3 Å². The van der Waals surface area contributed by atoms with Crippen molar-refractivity contribution < 1.29 is 19.1 Å². The standard InChI is InChI=1S/C15H22N2O4/c1-15(2,14(16)19)11-17-13(18)10-20-8-9-21-12-6-4-3-5-7-12/h3-7H,8-11H2,1-2H3,(H2,16,19)(H,17,18). The zero-order valence-corrected chi connectivity index (χ0v) is 12.4. The van der Waals surface area contributed by atoms with Crippen molar-refractivity contribution in [3.63, 3.8) is 0 Å². The summed E-state index contributed by atoms with van der Waals surface area (Å²) in [6, 6.07) is 9.35. The molecule has 0 fully saturated rings. The summed E-state index contributed by atoms with van der Waals surface area (Å²) < 4.78 is 10.6. The zero-order chi connectivity index (χ0) is 15.7. The Morgan fingerprint density at radius 2 is 1.86 bits per heavy atom. The monoisotopic (exact) mass is 294 g/mol. The van der Waals surface area contributed by atoms with Crippen molar-refractivity contribution in [3.8, 4) is 5.75 Å². The minimum Gasteiger partial charge on any atom is -0.491 e. The summed E-state index contributed by atoms with van der Waals surface area (Å²) in [4.78, 5) is 22.6. The molecule has 3 N–H and O–H groups in total. The molecule has 116 valence electrons. The lowest BCUT2D eigenvalue weighted by molar-refractivity contribution is -0.128. The summed E-state index contributed by atoms with van der Waals surface area (Å²) in [5.41, 5.74) is 4.44. The number of nitrogens with one attached hydrogen (secondary N) is 1. The fourth-order valence-electron chi connectivity index (χ4n) is 1.36. The maximum atomic E-state index is 11.5. The Hall–Kier alpha value is -2.08. The third kappa shape index (κ3) is 6.76. The van der Waals surface area contributed by atoms with Crippen LogP contribution in [0.3, 0.4) is 0 Å². The highest BCUT2D eigenvalue weighted by molar-refractivity contribution is 5.82. The molecule has 1 aromatic rings. The van der Waals surface area contributed by atoms with Gasteiger partial charge in [-0.2, -0.15) is 0 Å². The second-order valence-corrected chi connectivity index (χ2v) is 5.24. The zero-order valence-electron chi connectivity index (χ0n) is 12.4. The average Bonchev–Trinajstić information content (AvgIpc) is 2.46. The molecular formula is C15H22N2O4. The summed E-state index contributed by atoms with van der Waals surface area (Å²) in [6.45, 7) is 4.12. The highest BCUT2D eigenvalue weighted by atomic mass is 16.5. The van der Waals surface area contributed by atoms with E-state index in [0.717, 1.165) is 5.75 Å². The highest BCUT2D eigenvalue weighted by Crippen LogP contribution is 2.11. The predicted molar refractivity (Wildman–Crippen MR) is 78.7 cm³/mol. The van der Waals surface area contributed by atoms with Crippen molar-refractivity contribution in [2.75, 3.05) is 26.4 Å². The number of amides is 2. The molecule has 21 heavy (non-hydrogen) atoms.